The predicted molar refractivity (Wildman–Crippen MR) is 64.4 cm³/mol. The van der Waals surface area contributed by atoms with Crippen LogP contribution in [0.4, 0.5) is 0 Å². The molecule has 1 aliphatic rings. The van der Waals surface area contributed by atoms with Crippen LogP contribution in [0.25, 0.3) is 0 Å². The highest BCUT2D eigenvalue weighted by Crippen LogP contribution is 2.42. The third kappa shape index (κ3) is 1.76. The minimum Gasteiger partial charge on any atom is -0.392 e. The lowest BCUT2D eigenvalue weighted by atomic mass is 9.67. The molecule has 0 heterocycles. The van der Waals surface area contributed by atoms with Crippen LogP contribution in [-0.4, -0.2) is 16.3 Å². The molecule has 0 amide bonds. The lowest BCUT2D eigenvalue weighted by molar-refractivity contribution is 0.103. The Morgan fingerprint density at radius 2 is 2.06 bits per heavy atom. The summed E-state index contributed by atoms with van der Waals surface area (Å²) in [5.41, 5.74) is 3.45. The molecular formula is C14H20O2. The quantitative estimate of drug-likeness (QED) is 0.762. The molecule has 2 N–H and O–H groups in total. The molecule has 0 fully saturated rings. The molecule has 0 aromatic heterocycles. The maximum atomic E-state index is 10.1. The third-order valence-corrected chi connectivity index (χ3v) is 3.81. The van der Waals surface area contributed by atoms with Gasteiger partial charge in [0, 0.05) is 5.92 Å². The summed E-state index contributed by atoms with van der Waals surface area (Å²) in [6, 6.07) is 6.11. The van der Waals surface area contributed by atoms with Crippen LogP contribution in [0.3, 0.4) is 0 Å². The Balaban J connectivity index is 2.55. The Morgan fingerprint density at radius 3 is 2.69 bits per heavy atom. The molecule has 2 atom stereocenters. The van der Waals surface area contributed by atoms with Gasteiger partial charge in [0.2, 0.25) is 0 Å². The first-order valence-corrected chi connectivity index (χ1v) is 5.88. The molecular weight excluding hydrogens is 200 g/mol. The van der Waals surface area contributed by atoms with Crippen LogP contribution in [-0.2, 0) is 12.0 Å². The van der Waals surface area contributed by atoms with E-state index in [4.69, 9.17) is 5.11 Å². The number of aliphatic hydroxyl groups is 2. The molecule has 0 saturated heterocycles. The molecule has 0 radical (unpaired) electrons. The van der Waals surface area contributed by atoms with Crippen molar-refractivity contribution in [3.63, 3.8) is 0 Å². The lowest BCUT2D eigenvalue weighted by Gasteiger charge is -2.39. The van der Waals surface area contributed by atoms with Crippen LogP contribution in [0, 0.1) is 0 Å². The van der Waals surface area contributed by atoms with Crippen LogP contribution in [0.2, 0.25) is 0 Å². The van der Waals surface area contributed by atoms with Crippen molar-refractivity contribution >= 4 is 0 Å². The van der Waals surface area contributed by atoms with E-state index in [9.17, 15) is 5.11 Å². The second kappa shape index (κ2) is 3.86. The van der Waals surface area contributed by atoms with Crippen molar-refractivity contribution in [3.05, 3.63) is 34.9 Å². The summed E-state index contributed by atoms with van der Waals surface area (Å²) >= 11 is 0. The fourth-order valence-corrected chi connectivity index (χ4v) is 2.72. The van der Waals surface area contributed by atoms with Gasteiger partial charge in [-0.15, -0.1) is 0 Å². The zero-order valence-electron chi connectivity index (χ0n) is 10.2. The van der Waals surface area contributed by atoms with Gasteiger partial charge in [-0.1, -0.05) is 39.0 Å². The maximum absolute atomic E-state index is 10.1. The number of benzene rings is 1. The Labute approximate surface area is 96.9 Å². The molecule has 16 heavy (non-hydrogen) atoms. The van der Waals surface area contributed by atoms with Gasteiger partial charge in [0.15, 0.2) is 0 Å². The molecule has 0 saturated carbocycles. The SMILES string of the molecule is CC1c2cc(CO)ccc2C(C)(C)CC1O. The largest absolute Gasteiger partial charge is 0.392 e. The van der Waals surface area contributed by atoms with E-state index in [1.54, 1.807) is 0 Å². The smallest absolute Gasteiger partial charge is 0.0681 e. The first-order chi connectivity index (χ1) is 7.45. The van der Waals surface area contributed by atoms with Crippen molar-refractivity contribution in [2.45, 2.75) is 51.2 Å². The molecule has 2 rings (SSSR count). The van der Waals surface area contributed by atoms with Gasteiger partial charge >= 0.3 is 0 Å². The third-order valence-electron chi connectivity index (χ3n) is 3.81. The van der Waals surface area contributed by atoms with Crippen molar-refractivity contribution in [1.29, 1.82) is 0 Å². The van der Waals surface area contributed by atoms with E-state index >= 15 is 0 Å². The number of fused-ring (bicyclic) bond motifs is 1. The van der Waals surface area contributed by atoms with Crippen molar-refractivity contribution < 1.29 is 10.2 Å². The van der Waals surface area contributed by atoms with Crippen molar-refractivity contribution in [1.82, 2.24) is 0 Å². The fourth-order valence-electron chi connectivity index (χ4n) is 2.72. The highest BCUT2D eigenvalue weighted by molar-refractivity contribution is 5.41. The van der Waals surface area contributed by atoms with E-state index in [1.165, 1.54) is 11.1 Å². The second-order valence-corrected chi connectivity index (χ2v) is 5.52. The molecule has 0 aliphatic heterocycles. The second-order valence-electron chi connectivity index (χ2n) is 5.52. The zero-order valence-corrected chi connectivity index (χ0v) is 10.2. The molecule has 2 nitrogen and oxygen atoms in total. The van der Waals surface area contributed by atoms with E-state index in [-0.39, 0.29) is 24.0 Å². The van der Waals surface area contributed by atoms with E-state index in [0.717, 1.165) is 12.0 Å². The van der Waals surface area contributed by atoms with Crippen molar-refractivity contribution in [2.24, 2.45) is 0 Å². The average Bonchev–Trinajstić information content (AvgIpc) is 2.25. The molecule has 1 aromatic carbocycles. The topological polar surface area (TPSA) is 40.5 Å². The zero-order chi connectivity index (χ0) is 11.9. The highest BCUT2D eigenvalue weighted by Gasteiger charge is 2.36. The standard InChI is InChI=1S/C14H20O2/c1-9-11-6-10(8-15)4-5-12(11)14(2,3)7-13(9)16/h4-6,9,13,15-16H,7-8H2,1-3H3. The maximum Gasteiger partial charge on any atom is 0.0681 e. The molecule has 0 spiro atoms. The number of hydrogen-bond acceptors (Lipinski definition) is 2. The predicted octanol–water partition coefficient (Wildman–Crippen LogP) is 2.32. The molecule has 2 heteroatoms. The number of rotatable bonds is 1. The molecule has 2 unspecified atom stereocenters. The van der Waals surface area contributed by atoms with Gasteiger partial charge in [0.25, 0.3) is 0 Å². The summed E-state index contributed by atoms with van der Waals surface area (Å²) in [6.45, 7) is 6.45. The Kier molecular flexibility index (Phi) is 2.81. The molecule has 1 aliphatic carbocycles. The lowest BCUT2D eigenvalue weighted by Crippen LogP contribution is -2.35. The monoisotopic (exact) mass is 220 g/mol. The Hall–Kier alpha value is -0.860. The van der Waals surface area contributed by atoms with Gasteiger partial charge in [-0.2, -0.15) is 0 Å². The van der Waals surface area contributed by atoms with Crippen molar-refractivity contribution in [2.75, 3.05) is 0 Å². The van der Waals surface area contributed by atoms with Gasteiger partial charge in [0.05, 0.1) is 12.7 Å². The number of hydrogen-bond donors (Lipinski definition) is 2. The summed E-state index contributed by atoms with van der Waals surface area (Å²) in [5.74, 6) is 0.162. The van der Waals surface area contributed by atoms with Crippen LogP contribution < -0.4 is 0 Å². The van der Waals surface area contributed by atoms with Crippen LogP contribution in [0.15, 0.2) is 18.2 Å². The minimum absolute atomic E-state index is 0.0231. The van der Waals surface area contributed by atoms with Crippen LogP contribution in [0.5, 0.6) is 0 Å². The first-order valence-electron chi connectivity index (χ1n) is 5.88. The fraction of sp³-hybridized carbons (Fsp3) is 0.571. The van der Waals surface area contributed by atoms with Gasteiger partial charge < -0.3 is 10.2 Å². The normalized spacial score (nSPS) is 27.6. The Morgan fingerprint density at radius 1 is 1.38 bits per heavy atom. The Bertz CT molecular complexity index is 396. The summed E-state index contributed by atoms with van der Waals surface area (Å²) in [6.07, 6.45) is 0.524. The van der Waals surface area contributed by atoms with Gasteiger partial charge in [-0.3, -0.25) is 0 Å². The van der Waals surface area contributed by atoms with E-state index in [0.29, 0.717) is 0 Å². The first kappa shape index (κ1) is 11.6. The molecule has 0 bridgehead atoms. The van der Waals surface area contributed by atoms with Gasteiger partial charge in [-0.05, 0) is 28.5 Å². The molecule has 1 aromatic rings. The summed E-state index contributed by atoms with van der Waals surface area (Å²) in [4.78, 5) is 0. The van der Waals surface area contributed by atoms with Crippen molar-refractivity contribution in [3.8, 4) is 0 Å². The minimum atomic E-state index is -0.281. The van der Waals surface area contributed by atoms with Crippen LogP contribution >= 0.6 is 0 Å². The molecule has 88 valence electrons. The highest BCUT2D eigenvalue weighted by atomic mass is 16.3. The average molecular weight is 220 g/mol. The summed E-state index contributed by atoms with van der Waals surface area (Å²) in [7, 11) is 0. The van der Waals surface area contributed by atoms with Crippen LogP contribution in [0.1, 0.15) is 49.8 Å². The van der Waals surface area contributed by atoms with E-state index in [2.05, 4.69) is 26.8 Å². The van der Waals surface area contributed by atoms with Gasteiger partial charge in [0.1, 0.15) is 0 Å². The van der Waals surface area contributed by atoms with E-state index in [1.807, 2.05) is 12.1 Å². The summed E-state index contributed by atoms with van der Waals surface area (Å²) < 4.78 is 0. The van der Waals surface area contributed by atoms with Gasteiger partial charge in [-0.25, -0.2) is 0 Å². The number of aliphatic hydroxyl groups excluding tert-OH is 2. The summed E-state index contributed by atoms with van der Waals surface area (Å²) in [5, 5.41) is 19.2. The van der Waals surface area contributed by atoms with E-state index < -0.39 is 0 Å².